The van der Waals surface area contributed by atoms with Crippen LogP contribution in [0.25, 0.3) is 0 Å². The van der Waals surface area contributed by atoms with Gasteiger partial charge >= 0.3 is 0 Å². The molecule has 0 bridgehead atoms. The summed E-state index contributed by atoms with van der Waals surface area (Å²) in [5.74, 6) is 0.826. The molecule has 1 aromatic heterocycles. The first kappa shape index (κ1) is 21.6. The van der Waals surface area contributed by atoms with Crippen LogP contribution in [0.1, 0.15) is 52.3 Å². The smallest absolute Gasteiger partial charge is 0.253 e. The lowest BCUT2D eigenvalue weighted by atomic mass is 10.1. The van der Waals surface area contributed by atoms with Gasteiger partial charge in [0.1, 0.15) is 12.4 Å². The molecule has 30 heavy (non-hydrogen) atoms. The van der Waals surface area contributed by atoms with Crippen molar-refractivity contribution in [1.82, 2.24) is 14.7 Å². The SMILES string of the molecule is CCc1ccc(OCc2cccc(C(=O)N(C)Cc3c(C)nn(CC)c3C)c2)cc1. The molecule has 0 aliphatic heterocycles. The van der Waals surface area contributed by atoms with E-state index in [-0.39, 0.29) is 5.91 Å². The molecule has 2 aromatic carbocycles. The van der Waals surface area contributed by atoms with Crippen molar-refractivity contribution in [3.8, 4) is 5.75 Å². The minimum absolute atomic E-state index is 0.00722. The minimum atomic E-state index is -0.00722. The number of benzene rings is 2. The van der Waals surface area contributed by atoms with E-state index in [0.29, 0.717) is 18.7 Å². The average molecular weight is 406 g/mol. The number of aromatic nitrogens is 2. The second kappa shape index (κ2) is 9.61. The Kier molecular flexibility index (Phi) is 6.93. The van der Waals surface area contributed by atoms with Crippen LogP contribution in [0.2, 0.25) is 0 Å². The molecule has 0 radical (unpaired) electrons. The van der Waals surface area contributed by atoms with Crippen LogP contribution in [0.4, 0.5) is 0 Å². The molecule has 3 rings (SSSR count). The lowest BCUT2D eigenvalue weighted by molar-refractivity contribution is 0.0784. The van der Waals surface area contributed by atoms with E-state index in [1.165, 1.54) is 5.56 Å². The fourth-order valence-corrected chi connectivity index (χ4v) is 3.58. The van der Waals surface area contributed by atoms with E-state index < -0.39 is 0 Å². The molecule has 0 aliphatic rings. The standard InChI is InChI=1S/C25H31N3O2/c1-6-20-11-13-23(14-12-20)30-17-21-9-8-10-22(15-21)25(29)27(5)16-24-18(3)26-28(7-2)19(24)4/h8-15H,6-7,16-17H2,1-5H3. The van der Waals surface area contributed by atoms with Crippen molar-refractivity contribution in [1.29, 1.82) is 0 Å². The van der Waals surface area contributed by atoms with E-state index in [0.717, 1.165) is 41.2 Å². The summed E-state index contributed by atoms with van der Waals surface area (Å²) >= 11 is 0. The molecule has 0 saturated carbocycles. The number of hydrogen-bond donors (Lipinski definition) is 0. The van der Waals surface area contributed by atoms with Crippen LogP contribution in [-0.2, 0) is 26.1 Å². The van der Waals surface area contributed by atoms with Crippen LogP contribution in [0.3, 0.4) is 0 Å². The zero-order valence-electron chi connectivity index (χ0n) is 18.6. The minimum Gasteiger partial charge on any atom is -0.489 e. The molecular formula is C25H31N3O2. The second-order valence-electron chi connectivity index (χ2n) is 7.61. The molecule has 0 atom stereocenters. The lowest BCUT2D eigenvalue weighted by Gasteiger charge is -2.18. The summed E-state index contributed by atoms with van der Waals surface area (Å²) in [5, 5.41) is 4.55. The van der Waals surface area contributed by atoms with Crippen molar-refractivity contribution in [2.24, 2.45) is 0 Å². The Hall–Kier alpha value is -3.08. The van der Waals surface area contributed by atoms with Gasteiger partial charge in [-0.05, 0) is 62.6 Å². The molecule has 158 valence electrons. The van der Waals surface area contributed by atoms with Crippen molar-refractivity contribution in [3.05, 3.63) is 82.2 Å². The van der Waals surface area contributed by atoms with E-state index in [2.05, 4.69) is 38.0 Å². The molecule has 0 unspecified atom stereocenters. The Balaban J connectivity index is 1.66. The molecular weight excluding hydrogens is 374 g/mol. The van der Waals surface area contributed by atoms with E-state index in [4.69, 9.17) is 4.74 Å². The molecule has 0 N–H and O–H groups in total. The van der Waals surface area contributed by atoms with Crippen molar-refractivity contribution in [2.75, 3.05) is 7.05 Å². The Morgan fingerprint density at radius 3 is 2.43 bits per heavy atom. The van der Waals surface area contributed by atoms with E-state index >= 15 is 0 Å². The zero-order valence-corrected chi connectivity index (χ0v) is 18.6. The van der Waals surface area contributed by atoms with Crippen LogP contribution in [0.15, 0.2) is 48.5 Å². The number of amides is 1. The van der Waals surface area contributed by atoms with Gasteiger partial charge in [-0.2, -0.15) is 5.10 Å². The summed E-state index contributed by atoms with van der Waals surface area (Å²) in [6.07, 6.45) is 1.01. The molecule has 0 fully saturated rings. The zero-order chi connectivity index (χ0) is 21.7. The quantitative estimate of drug-likeness (QED) is 0.534. The van der Waals surface area contributed by atoms with Crippen molar-refractivity contribution >= 4 is 5.91 Å². The lowest BCUT2D eigenvalue weighted by Crippen LogP contribution is -2.26. The van der Waals surface area contributed by atoms with E-state index in [1.807, 2.05) is 55.1 Å². The van der Waals surface area contributed by atoms with Crippen LogP contribution in [-0.4, -0.2) is 27.6 Å². The highest BCUT2D eigenvalue weighted by Gasteiger charge is 2.17. The van der Waals surface area contributed by atoms with Gasteiger partial charge < -0.3 is 9.64 Å². The monoisotopic (exact) mass is 405 g/mol. The summed E-state index contributed by atoms with van der Waals surface area (Å²) in [7, 11) is 1.84. The summed E-state index contributed by atoms with van der Waals surface area (Å²) < 4.78 is 7.87. The molecule has 0 saturated heterocycles. The van der Waals surface area contributed by atoms with Crippen LogP contribution < -0.4 is 4.74 Å². The summed E-state index contributed by atoms with van der Waals surface area (Å²) in [6.45, 7) is 10.1. The normalized spacial score (nSPS) is 10.8. The number of carbonyl (C=O) groups is 1. The first-order valence-electron chi connectivity index (χ1n) is 10.5. The van der Waals surface area contributed by atoms with Gasteiger partial charge in [0.05, 0.1) is 5.69 Å². The fourth-order valence-electron chi connectivity index (χ4n) is 3.58. The predicted octanol–water partition coefficient (Wildman–Crippen LogP) is 4.93. The molecule has 1 heterocycles. The maximum atomic E-state index is 13.0. The molecule has 5 heteroatoms. The highest BCUT2D eigenvalue weighted by atomic mass is 16.5. The maximum absolute atomic E-state index is 13.0. The van der Waals surface area contributed by atoms with Crippen molar-refractivity contribution < 1.29 is 9.53 Å². The summed E-state index contributed by atoms with van der Waals surface area (Å²) in [4.78, 5) is 14.8. The van der Waals surface area contributed by atoms with Gasteiger partial charge in [0.25, 0.3) is 5.91 Å². The van der Waals surface area contributed by atoms with E-state index in [9.17, 15) is 4.79 Å². The number of hydrogen-bond acceptors (Lipinski definition) is 3. The van der Waals surface area contributed by atoms with E-state index in [1.54, 1.807) is 4.90 Å². The van der Waals surface area contributed by atoms with Crippen molar-refractivity contribution in [2.45, 2.75) is 53.8 Å². The average Bonchev–Trinajstić information content (AvgIpc) is 3.05. The highest BCUT2D eigenvalue weighted by molar-refractivity contribution is 5.94. The number of rotatable bonds is 8. The van der Waals surface area contributed by atoms with Gasteiger partial charge in [-0.3, -0.25) is 9.48 Å². The van der Waals surface area contributed by atoms with Gasteiger partial charge in [-0.25, -0.2) is 0 Å². The largest absolute Gasteiger partial charge is 0.489 e. The third kappa shape index (κ3) is 4.90. The van der Waals surface area contributed by atoms with Gasteiger partial charge in [0, 0.05) is 37.0 Å². The van der Waals surface area contributed by atoms with Gasteiger partial charge in [0.15, 0.2) is 0 Å². The Bertz CT molecular complexity index is 1010. The van der Waals surface area contributed by atoms with Gasteiger partial charge in [-0.15, -0.1) is 0 Å². The third-order valence-corrected chi connectivity index (χ3v) is 5.48. The number of nitrogens with zero attached hydrogens (tertiary/aromatic N) is 3. The van der Waals surface area contributed by atoms with Gasteiger partial charge in [0.2, 0.25) is 0 Å². The van der Waals surface area contributed by atoms with Crippen molar-refractivity contribution in [3.63, 3.8) is 0 Å². The molecule has 5 nitrogen and oxygen atoms in total. The summed E-state index contributed by atoms with van der Waals surface area (Å²) in [6, 6.07) is 15.8. The first-order valence-corrected chi connectivity index (χ1v) is 10.5. The number of ether oxygens (including phenoxy) is 1. The molecule has 3 aromatic rings. The topological polar surface area (TPSA) is 47.4 Å². The third-order valence-electron chi connectivity index (χ3n) is 5.48. The fraction of sp³-hybridized carbons (Fsp3) is 0.360. The summed E-state index contributed by atoms with van der Waals surface area (Å²) in [5.41, 5.74) is 6.13. The van der Waals surface area contributed by atoms with Crippen LogP contribution in [0, 0.1) is 13.8 Å². The first-order chi connectivity index (χ1) is 14.4. The Labute approximate surface area is 179 Å². The number of carbonyl (C=O) groups excluding carboxylic acids is 1. The second-order valence-corrected chi connectivity index (χ2v) is 7.61. The maximum Gasteiger partial charge on any atom is 0.253 e. The molecule has 0 spiro atoms. The van der Waals surface area contributed by atoms with Crippen LogP contribution in [0.5, 0.6) is 5.75 Å². The Morgan fingerprint density at radius 1 is 1.07 bits per heavy atom. The number of aryl methyl sites for hydroxylation is 3. The van der Waals surface area contributed by atoms with Crippen LogP contribution >= 0.6 is 0 Å². The Morgan fingerprint density at radius 2 is 1.80 bits per heavy atom. The molecule has 1 amide bonds. The predicted molar refractivity (Wildman–Crippen MR) is 120 cm³/mol. The molecule has 0 aliphatic carbocycles. The van der Waals surface area contributed by atoms with Gasteiger partial charge in [-0.1, -0.05) is 31.2 Å². The highest BCUT2D eigenvalue weighted by Crippen LogP contribution is 2.18.